The van der Waals surface area contributed by atoms with E-state index in [9.17, 15) is 9.59 Å². The Labute approximate surface area is 162 Å². The molecule has 2 aromatic rings. The number of carbonyl (C=O) groups excluding carboxylic acids is 2. The number of rotatable bonds is 8. The first-order chi connectivity index (χ1) is 12.9. The molecular weight excluding hydrogens is 336 g/mol. The number of amides is 2. The van der Waals surface area contributed by atoms with Crippen LogP contribution in [0.5, 0.6) is 0 Å². The lowest BCUT2D eigenvalue weighted by atomic mass is 10.0. The summed E-state index contributed by atoms with van der Waals surface area (Å²) in [6.07, 6.45) is 1.16. The number of nitrogens with one attached hydrogen (secondary N) is 1. The van der Waals surface area contributed by atoms with Crippen LogP contribution in [0.15, 0.2) is 48.5 Å². The molecule has 0 aromatic heterocycles. The van der Waals surface area contributed by atoms with Gasteiger partial charge < -0.3 is 10.2 Å². The zero-order valence-electron chi connectivity index (χ0n) is 16.8. The molecule has 2 amide bonds. The standard InChI is InChI=1S/C23H30N2O2/c1-5-13-24-23(27)19(4)25(16-20-11-8-9-17(2)14-20)22(26)15-21-12-7-6-10-18(21)3/h6-12,14,19H,5,13,15-16H2,1-4H3,(H,24,27). The SMILES string of the molecule is CCCNC(=O)C(C)N(Cc1cccc(C)c1)C(=O)Cc1ccccc1C. The van der Waals surface area contributed by atoms with E-state index in [1.54, 1.807) is 11.8 Å². The van der Waals surface area contributed by atoms with E-state index in [-0.39, 0.29) is 11.8 Å². The molecule has 0 spiro atoms. The van der Waals surface area contributed by atoms with Gasteiger partial charge in [-0.25, -0.2) is 0 Å². The molecular formula is C23H30N2O2. The molecule has 0 fully saturated rings. The van der Waals surface area contributed by atoms with Gasteiger partial charge in [-0.3, -0.25) is 9.59 Å². The van der Waals surface area contributed by atoms with Gasteiger partial charge in [0.25, 0.3) is 0 Å². The highest BCUT2D eigenvalue weighted by molar-refractivity contribution is 5.88. The van der Waals surface area contributed by atoms with Crippen molar-refractivity contribution in [2.24, 2.45) is 0 Å². The molecule has 0 radical (unpaired) electrons. The molecule has 1 N–H and O–H groups in total. The Morgan fingerprint density at radius 3 is 2.48 bits per heavy atom. The molecule has 27 heavy (non-hydrogen) atoms. The number of nitrogens with zero attached hydrogens (tertiary/aromatic N) is 1. The summed E-state index contributed by atoms with van der Waals surface area (Å²) in [6.45, 7) is 8.89. The predicted molar refractivity (Wildman–Crippen MR) is 109 cm³/mol. The summed E-state index contributed by atoms with van der Waals surface area (Å²) in [5, 5.41) is 2.91. The summed E-state index contributed by atoms with van der Waals surface area (Å²) in [6, 6.07) is 15.4. The molecule has 1 atom stereocenters. The molecule has 0 aliphatic carbocycles. The first kappa shape index (κ1) is 20.7. The summed E-state index contributed by atoms with van der Waals surface area (Å²) in [4.78, 5) is 27.3. The average molecular weight is 367 g/mol. The van der Waals surface area contributed by atoms with Crippen molar-refractivity contribution >= 4 is 11.8 Å². The minimum atomic E-state index is -0.520. The van der Waals surface area contributed by atoms with Crippen molar-refractivity contribution in [3.05, 3.63) is 70.8 Å². The second-order valence-corrected chi connectivity index (χ2v) is 7.08. The second kappa shape index (κ2) is 9.91. The minimum absolute atomic E-state index is 0.0371. The Kier molecular flexibility index (Phi) is 7.59. The van der Waals surface area contributed by atoms with E-state index in [4.69, 9.17) is 0 Å². The molecule has 1 unspecified atom stereocenters. The van der Waals surface area contributed by atoms with Gasteiger partial charge in [0, 0.05) is 13.1 Å². The Morgan fingerprint density at radius 2 is 1.81 bits per heavy atom. The van der Waals surface area contributed by atoms with Crippen LogP contribution < -0.4 is 5.32 Å². The van der Waals surface area contributed by atoms with Crippen LogP contribution in [0.4, 0.5) is 0 Å². The highest BCUT2D eigenvalue weighted by atomic mass is 16.2. The molecule has 0 aliphatic heterocycles. The number of aryl methyl sites for hydroxylation is 2. The molecule has 144 valence electrons. The van der Waals surface area contributed by atoms with Crippen LogP contribution in [0.25, 0.3) is 0 Å². The fourth-order valence-electron chi connectivity index (χ4n) is 3.06. The van der Waals surface area contributed by atoms with Crippen LogP contribution in [0.1, 0.15) is 42.5 Å². The first-order valence-electron chi connectivity index (χ1n) is 9.59. The zero-order valence-corrected chi connectivity index (χ0v) is 16.8. The van der Waals surface area contributed by atoms with Gasteiger partial charge in [0.05, 0.1) is 6.42 Å². The third-order valence-corrected chi connectivity index (χ3v) is 4.75. The lowest BCUT2D eigenvalue weighted by Gasteiger charge is -2.29. The Bertz CT molecular complexity index is 785. The van der Waals surface area contributed by atoms with Crippen LogP contribution in [0, 0.1) is 13.8 Å². The van der Waals surface area contributed by atoms with Gasteiger partial charge in [0.1, 0.15) is 6.04 Å². The molecule has 4 heteroatoms. The number of hydrogen-bond acceptors (Lipinski definition) is 2. The molecule has 0 saturated heterocycles. The Balaban J connectivity index is 2.23. The third-order valence-electron chi connectivity index (χ3n) is 4.75. The van der Waals surface area contributed by atoms with Gasteiger partial charge >= 0.3 is 0 Å². The molecule has 0 saturated carbocycles. The van der Waals surface area contributed by atoms with Crippen molar-refractivity contribution < 1.29 is 9.59 Å². The fourth-order valence-corrected chi connectivity index (χ4v) is 3.06. The number of benzene rings is 2. The molecule has 0 bridgehead atoms. The van der Waals surface area contributed by atoms with Gasteiger partial charge in [-0.05, 0) is 43.9 Å². The minimum Gasteiger partial charge on any atom is -0.354 e. The molecule has 0 aliphatic rings. The van der Waals surface area contributed by atoms with Crippen molar-refractivity contribution in [1.82, 2.24) is 10.2 Å². The third kappa shape index (κ3) is 5.95. The van der Waals surface area contributed by atoms with Crippen LogP contribution in [0.3, 0.4) is 0 Å². The van der Waals surface area contributed by atoms with E-state index >= 15 is 0 Å². The summed E-state index contributed by atoms with van der Waals surface area (Å²) in [5.41, 5.74) is 4.26. The summed E-state index contributed by atoms with van der Waals surface area (Å²) in [7, 11) is 0. The normalized spacial score (nSPS) is 11.7. The quantitative estimate of drug-likeness (QED) is 0.773. The Hall–Kier alpha value is -2.62. The van der Waals surface area contributed by atoms with Gasteiger partial charge in [0.2, 0.25) is 11.8 Å². The Morgan fingerprint density at radius 1 is 1.07 bits per heavy atom. The average Bonchev–Trinajstić information content (AvgIpc) is 2.65. The van der Waals surface area contributed by atoms with Crippen LogP contribution in [-0.4, -0.2) is 29.3 Å². The van der Waals surface area contributed by atoms with Gasteiger partial charge in [-0.15, -0.1) is 0 Å². The number of hydrogen-bond donors (Lipinski definition) is 1. The van der Waals surface area contributed by atoms with Crippen LogP contribution in [0.2, 0.25) is 0 Å². The predicted octanol–water partition coefficient (Wildman–Crippen LogP) is 3.79. The van der Waals surface area contributed by atoms with Gasteiger partial charge in [-0.1, -0.05) is 61.0 Å². The van der Waals surface area contributed by atoms with Crippen molar-refractivity contribution in [1.29, 1.82) is 0 Å². The maximum atomic E-state index is 13.1. The smallest absolute Gasteiger partial charge is 0.242 e. The molecule has 2 aromatic carbocycles. The first-order valence-corrected chi connectivity index (χ1v) is 9.59. The van der Waals surface area contributed by atoms with E-state index in [0.29, 0.717) is 19.5 Å². The van der Waals surface area contributed by atoms with Crippen LogP contribution >= 0.6 is 0 Å². The zero-order chi connectivity index (χ0) is 19.8. The van der Waals surface area contributed by atoms with E-state index in [1.165, 1.54) is 0 Å². The van der Waals surface area contributed by atoms with Crippen molar-refractivity contribution in [2.45, 2.75) is 53.1 Å². The molecule has 0 heterocycles. The second-order valence-electron chi connectivity index (χ2n) is 7.08. The van der Waals surface area contributed by atoms with Crippen molar-refractivity contribution in [3.8, 4) is 0 Å². The highest BCUT2D eigenvalue weighted by Gasteiger charge is 2.26. The lowest BCUT2D eigenvalue weighted by molar-refractivity contribution is -0.140. The van der Waals surface area contributed by atoms with Crippen molar-refractivity contribution in [2.75, 3.05) is 6.54 Å². The maximum absolute atomic E-state index is 13.1. The molecule has 4 nitrogen and oxygen atoms in total. The summed E-state index contributed by atoms with van der Waals surface area (Å²) in [5.74, 6) is -0.146. The van der Waals surface area contributed by atoms with E-state index in [0.717, 1.165) is 28.7 Å². The van der Waals surface area contributed by atoms with E-state index < -0.39 is 6.04 Å². The summed E-state index contributed by atoms with van der Waals surface area (Å²) >= 11 is 0. The molecule has 2 rings (SSSR count). The summed E-state index contributed by atoms with van der Waals surface area (Å²) < 4.78 is 0. The van der Waals surface area contributed by atoms with Gasteiger partial charge in [0.15, 0.2) is 0 Å². The fraction of sp³-hybridized carbons (Fsp3) is 0.391. The monoisotopic (exact) mass is 366 g/mol. The maximum Gasteiger partial charge on any atom is 0.242 e. The largest absolute Gasteiger partial charge is 0.354 e. The van der Waals surface area contributed by atoms with Crippen molar-refractivity contribution in [3.63, 3.8) is 0 Å². The highest BCUT2D eigenvalue weighted by Crippen LogP contribution is 2.15. The number of carbonyl (C=O) groups is 2. The van der Waals surface area contributed by atoms with E-state index in [2.05, 4.69) is 11.4 Å². The topological polar surface area (TPSA) is 49.4 Å². The lowest BCUT2D eigenvalue weighted by Crippen LogP contribution is -2.48. The van der Waals surface area contributed by atoms with Crippen LogP contribution in [-0.2, 0) is 22.6 Å². The van der Waals surface area contributed by atoms with Gasteiger partial charge in [-0.2, -0.15) is 0 Å². The van der Waals surface area contributed by atoms with E-state index in [1.807, 2.05) is 63.2 Å².